The molecule has 1 heterocycles. The van der Waals surface area contributed by atoms with E-state index < -0.39 is 0 Å². The fraction of sp³-hybridized carbons (Fsp3) is 0.875. The van der Waals surface area contributed by atoms with Crippen molar-refractivity contribution < 1.29 is 4.79 Å². The lowest BCUT2D eigenvalue weighted by molar-refractivity contribution is 0.236. The Kier molecular flexibility index (Phi) is 3.34. The first-order valence-electron chi connectivity index (χ1n) is 4.49. The van der Waals surface area contributed by atoms with Crippen LogP contribution >= 0.6 is 0 Å². The zero-order valence-corrected chi connectivity index (χ0v) is 7.68. The Morgan fingerprint density at radius 3 is 2.83 bits per heavy atom. The van der Waals surface area contributed by atoms with Crippen molar-refractivity contribution in [1.29, 1.82) is 0 Å². The number of carbonyl (C=O) groups excluding carboxylic acids is 1. The van der Waals surface area contributed by atoms with Gasteiger partial charge in [0.25, 0.3) is 0 Å². The first kappa shape index (κ1) is 9.32. The SMILES string of the molecule is CCNC(=O)NC1CNCC1C. The quantitative estimate of drug-likeness (QED) is 0.544. The highest BCUT2D eigenvalue weighted by atomic mass is 16.2. The van der Waals surface area contributed by atoms with Crippen LogP contribution < -0.4 is 16.0 Å². The molecule has 0 bridgehead atoms. The van der Waals surface area contributed by atoms with Crippen molar-refractivity contribution in [2.45, 2.75) is 19.9 Å². The molecule has 0 aliphatic carbocycles. The van der Waals surface area contributed by atoms with Gasteiger partial charge >= 0.3 is 6.03 Å². The highest BCUT2D eigenvalue weighted by Gasteiger charge is 2.23. The largest absolute Gasteiger partial charge is 0.338 e. The number of rotatable bonds is 2. The maximum absolute atomic E-state index is 11.1. The van der Waals surface area contributed by atoms with Crippen LogP contribution in [-0.2, 0) is 0 Å². The van der Waals surface area contributed by atoms with E-state index in [1.54, 1.807) is 0 Å². The first-order chi connectivity index (χ1) is 5.74. The summed E-state index contributed by atoms with van der Waals surface area (Å²) in [7, 11) is 0. The lowest BCUT2D eigenvalue weighted by Gasteiger charge is -2.15. The van der Waals surface area contributed by atoms with Crippen molar-refractivity contribution in [2.24, 2.45) is 5.92 Å². The maximum Gasteiger partial charge on any atom is 0.315 e. The molecule has 1 aliphatic heterocycles. The zero-order valence-electron chi connectivity index (χ0n) is 7.68. The minimum Gasteiger partial charge on any atom is -0.338 e. The van der Waals surface area contributed by atoms with Crippen molar-refractivity contribution in [1.82, 2.24) is 16.0 Å². The summed E-state index contributed by atoms with van der Waals surface area (Å²) in [6, 6.07) is 0.231. The van der Waals surface area contributed by atoms with Crippen LogP contribution in [0.5, 0.6) is 0 Å². The Hall–Kier alpha value is -0.770. The third kappa shape index (κ3) is 2.37. The maximum atomic E-state index is 11.1. The molecule has 3 N–H and O–H groups in total. The predicted octanol–water partition coefficient (Wildman–Crippen LogP) is -0.0866. The van der Waals surface area contributed by atoms with Crippen LogP contribution in [0.2, 0.25) is 0 Å². The van der Waals surface area contributed by atoms with Gasteiger partial charge < -0.3 is 16.0 Å². The number of hydrogen-bond acceptors (Lipinski definition) is 2. The van der Waals surface area contributed by atoms with Crippen LogP contribution in [0.3, 0.4) is 0 Å². The molecular formula is C8H17N3O. The summed E-state index contributed by atoms with van der Waals surface area (Å²) in [5.74, 6) is 0.535. The molecule has 0 radical (unpaired) electrons. The van der Waals surface area contributed by atoms with E-state index >= 15 is 0 Å². The van der Waals surface area contributed by atoms with E-state index in [-0.39, 0.29) is 12.1 Å². The van der Waals surface area contributed by atoms with Gasteiger partial charge in [-0.1, -0.05) is 6.92 Å². The lowest BCUT2D eigenvalue weighted by Crippen LogP contribution is -2.45. The number of hydrogen-bond donors (Lipinski definition) is 3. The molecule has 1 saturated heterocycles. The average molecular weight is 171 g/mol. The molecule has 0 spiro atoms. The van der Waals surface area contributed by atoms with Crippen LogP contribution in [0, 0.1) is 5.92 Å². The van der Waals surface area contributed by atoms with Crippen LogP contribution in [0.25, 0.3) is 0 Å². The predicted molar refractivity (Wildman–Crippen MR) is 48.0 cm³/mol. The van der Waals surface area contributed by atoms with Gasteiger partial charge in [-0.3, -0.25) is 0 Å². The molecule has 0 saturated carbocycles. The van der Waals surface area contributed by atoms with Crippen molar-refractivity contribution in [3.05, 3.63) is 0 Å². The minimum absolute atomic E-state index is 0.0574. The van der Waals surface area contributed by atoms with E-state index in [2.05, 4.69) is 22.9 Å². The first-order valence-corrected chi connectivity index (χ1v) is 4.49. The van der Waals surface area contributed by atoms with Gasteiger partial charge in [0.15, 0.2) is 0 Å². The summed E-state index contributed by atoms with van der Waals surface area (Å²) in [4.78, 5) is 11.1. The van der Waals surface area contributed by atoms with Gasteiger partial charge in [-0.15, -0.1) is 0 Å². The second-order valence-electron chi connectivity index (χ2n) is 3.25. The molecule has 0 aromatic rings. The van der Waals surface area contributed by atoms with E-state index in [0.29, 0.717) is 12.5 Å². The molecule has 4 heteroatoms. The fourth-order valence-electron chi connectivity index (χ4n) is 1.38. The smallest absolute Gasteiger partial charge is 0.315 e. The summed E-state index contributed by atoms with van der Waals surface area (Å²) in [5, 5.41) is 8.86. The van der Waals surface area contributed by atoms with Crippen LogP contribution in [0.15, 0.2) is 0 Å². The molecule has 2 amide bonds. The van der Waals surface area contributed by atoms with Crippen molar-refractivity contribution in [3.8, 4) is 0 Å². The van der Waals surface area contributed by atoms with Gasteiger partial charge in [-0.25, -0.2) is 4.79 Å². The van der Waals surface area contributed by atoms with Crippen molar-refractivity contribution in [3.63, 3.8) is 0 Å². The second-order valence-corrected chi connectivity index (χ2v) is 3.25. The number of amides is 2. The monoisotopic (exact) mass is 171 g/mol. The molecule has 2 unspecified atom stereocenters. The summed E-state index contributed by atoms with van der Waals surface area (Å²) in [5.41, 5.74) is 0. The van der Waals surface area contributed by atoms with Gasteiger partial charge in [-0.2, -0.15) is 0 Å². The van der Waals surface area contributed by atoms with Crippen LogP contribution in [0.1, 0.15) is 13.8 Å². The summed E-state index contributed by atoms with van der Waals surface area (Å²) >= 11 is 0. The minimum atomic E-state index is -0.0574. The van der Waals surface area contributed by atoms with Gasteiger partial charge in [0.2, 0.25) is 0 Å². The molecule has 1 rings (SSSR count). The number of nitrogens with one attached hydrogen (secondary N) is 3. The summed E-state index contributed by atoms with van der Waals surface area (Å²) in [6.07, 6.45) is 0. The Bertz CT molecular complexity index is 160. The molecular weight excluding hydrogens is 154 g/mol. The van der Waals surface area contributed by atoms with E-state index in [4.69, 9.17) is 0 Å². The fourth-order valence-corrected chi connectivity index (χ4v) is 1.38. The van der Waals surface area contributed by atoms with Gasteiger partial charge in [0.1, 0.15) is 0 Å². The topological polar surface area (TPSA) is 53.2 Å². The molecule has 12 heavy (non-hydrogen) atoms. The van der Waals surface area contributed by atoms with Crippen molar-refractivity contribution >= 4 is 6.03 Å². The van der Waals surface area contributed by atoms with Gasteiger partial charge in [0.05, 0.1) is 0 Å². The normalized spacial score (nSPS) is 28.5. The summed E-state index contributed by atoms with van der Waals surface area (Å²) in [6.45, 7) is 6.61. The highest BCUT2D eigenvalue weighted by Crippen LogP contribution is 2.06. The van der Waals surface area contributed by atoms with E-state index in [9.17, 15) is 4.79 Å². The highest BCUT2D eigenvalue weighted by molar-refractivity contribution is 5.74. The third-order valence-corrected chi connectivity index (χ3v) is 2.17. The molecule has 1 aliphatic rings. The lowest BCUT2D eigenvalue weighted by atomic mass is 10.1. The molecule has 1 fully saturated rings. The van der Waals surface area contributed by atoms with Gasteiger partial charge in [-0.05, 0) is 19.4 Å². The second kappa shape index (κ2) is 4.30. The number of urea groups is 1. The Labute approximate surface area is 73.1 Å². The van der Waals surface area contributed by atoms with Crippen LogP contribution in [-0.4, -0.2) is 31.7 Å². The van der Waals surface area contributed by atoms with E-state index in [1.165, 1.54) is 0 Å². The molecule has 70 valence electrons. The third-order valence-electron chi connectivity index (χ3n) is 2.17. The Morgan fingerprint density at radius 2 is 2.33 bits per heavy atom. The Balaban J connectivity index is 2.25. The molecule has 2 atom stereocenters. The number of carbonyl (C=O) groups is 1. The molecule has 0 aromatic carbocycles. The molecule has 0 aromatic heterocycles. The van der Waals surface area contributed by atoms with E-state index in [1.807, 2.05) is 6.92 Å². The standard InChI is InChI=1S/C8H17N3O/c1-3-10-8(12)11-7-5-9-4-6(7)2/h6-7,9H,3-5H2,1-2H3,(H2,10,11,12). The zero-order chi connectivity index (χ0) is 8.97. The Morgan fingerprint density at radius 1 is 1.58 bits per heavy atom. The summed E-state index contributed by atoms with van der Waals surface area (Å²) < 4.78 is 0. The van der Waals surface area contributed by atoms with Crippen molar-refractivity contribution in [2.75, 3.05) is 19.6 Å². The van der Waals surface area contributed by atoms with Crippen LogP contribution in [0.4, 0.5) is 4.79 Å². The average Bonchev–Trinajstić information content (AvgIpc) is 2.37. The molecule has 4 nitrogen and oxygen atoms in total. The van der Waals surface area contributed by atoms with E-state index in [0.717, 1.165) is 13.1 Å². The van der Waals surface area contributed by atoms with Gasteiger partial charge in [0, 0.05) is 19.1 Å².